The van der Waals surface area contributed by atoms with E-state index >= 15 is 0 Å². The van der Waals surface area contributed by atoms with E-state index in [0.717, 1.165) is 12.4 Å². The van der Waals surface area contributed by atoms with Gasteiger partial charge >= 0.3 is 0 Å². The van der Waals surface area contributed by atoms with Crippen molar-refractivity contribution in [2.24, 2.45) is 0 Å². The molecule has 1 aromatic carbocycles. The molecule has 0 aliphatic rings. The first kappa shape index (κ1) is 14.0. The Morgan fingerprint density at radius 2 is 2.26 bits per heavy atom. The highest BCUT2D eigenvalue weighted by Crippen LogP contribution is 2.23. The lowest BCUT2D eigenvalue weighted by Gasteiger charge is -2.17. The van der Waals surface area contributed by atoms with Gasteiger partial charge in [0.1, 0.15) is 11.6 Å². The number of nitrogens with zero attached hydrogens (tertiary/aromatic N) is 2. The topological polar surface area (TPSA) is 29.9 Å². The van der Waals surface area contributed by atoms with E-state index in [1.807, 2.05) is 13.2 Å². The van der Waals surface area contributed by atoms with Crippen molar-refractivity contribution in [1.82, 2.24) is 14.9 Å². The number of halogens is 2. The van der Waals surface area contributed by atoms with Crippen LogP contribution in [-0.2, 0) is 13.0 Å². The predicted molar refractivity (Wildman–Crippen MR) is 74.8 cm³/mol. The van der Waals surface area contributed by atoms with E-state index in [1.54, 1.807) is 18.3 Å². The lowest BCUT2D eigenvalue weighted by Crippen LogP contribution is -2.21. The second kappa shape index (κ2) is 6.17. The summed E-state index contributed by atoms with van der Waals surface area (Å²) in [5.41, 5.74) is 0.609. The molecule has 0 spiro atoms. The van der Waals surface area contributed by atoms with Crippen LogP contribution in [0.1, 0.15) is 24.4 Å². The van der Waals surface area contributed by atoms with Crippen LogP contribution < -0.4 is 5.32 Å². The highest BCUT2D eigenvalue weighted by molar-refractivity contribution is 6.30. The number of benzene rings is 1. The van der Waals surface area contributed by atoms with E-state index in [-0.39, 0.29) is 11.9 Å². The second-order valence-electron chi connectivity index (χ2n) is 4.34. The number of imidazole rings is 1. The van der Waals surface area contributed by atoms with Crippen molar-refractivity contribution < 1.29 is 4.39 Å². The summed E-state index contributed by atoms with van der Waals surface area (Å²) >= 11 is 5.78. The molecule has 1 aromatic heterocycles. The Balaban J connectivity index is 2.25. The van der Waals surface area contributed by atoms with Crippen molar-refractivity contribution in [2.45, 2.75) is 25.9 Å². The first-order valence-electron chi connectivity index (χ1n) is 6.28. The Morgan fingerprint density at radius 1 is 1.47 bits per heavy atom. The number of aromatic nitrogens is 2. The van der Waals surface area contributed by atoms with Crippen LogP contribution in [0.4, 0.5) is 4.39 Å². The molecule has 0 amide bonds. The summed E-state index contributed by atoms with van der Waals surface area (Å²) in [5, 5.41) is 3.54. The van der Waals surface area contributed by atoms with Crippen molar-refractivity contribution in [3.63, 3.8) is 0 Å². The van der Waals surface area contributed by atoms with E-state index in [4.69, 9.17) is 11.6 Å². The molecule has 1 unspecified atom stereocenters. The third kappa shape index (κ3) is 3.14. The van der Waals surface area contributed by atoms with Gasteiger partial charge < -0.3 is 9.88 Å². The standard InChI is InChI=1S/C14H17ClFN3/c1-3-19-7-6-18-14(19)9-13(17-2)11-5-4-10(15)8-12(11)16/h4-8,13,17H,3,9H2,1-2H3. The summed E-state index contributed by atoms with van der Waals surface area (Å²) in [4.78, 5) is 4.32. The van der Waals surface area contributed by atoms with Crippen molar-refractivity contribution in [3.05, 3.63) is 52.8 Å². The molecule has 0 fully saturated rings. The lowest BCUT2D eigenvalue weighted by molar-refractivity contribution is 0.514. The summed E-state index contributed by atoms with van der Waals surface area (Å²) < 4.78 is 16.0. The maximum absolute atomic E-state index is 13.9. The van der Waals surface area contributed by atoms with Crippen molar-refractivity contribution in [3.8, 4) is 0 Å². The van der Waals surface area contributed by atoms with Crippen LogP contribution in [0.2, 0.25) is 5.02 Å². The van der Waals surface area contributed by atoms with Crippen LogP contribution >= 0.6 is 11.6 Å². The Bertz CT molecular complexity index is 553. The molecule has 2 aromatic rings. The maximum atomic E-state index is 13.9. The van der Waals surface area contributed by atoms with Gasteiger partial charge in [-0.25, -0.2) is 9.37 Å². The number of rotatable bonds is 5. The zero-order chi connectivity index (χ0) is 13.8. The molecule has 1 atom stereocenters. The van der Waals surface area contributed by atoms with Crippen molar-refractivity contribution >= 4 is 11.6 Å². The summed E-state index contributed by atoms with van der Waals surface area (Å²) in [6.45, 7) is 2.91. The lowest BCUT2D eigenvalue weighted by atomic mass is 10.0. The average molecular weight is 282 g/mol. The normalized spacial score (nSPS) is 12.6. The van der Waals surface area contributed by atoms with Crippen molar-refractivity contribution in [2.75, 3.05) is 7.05 Å². The monoisotopic (exact) mass is 281 g/mol. The summed E-state index contributed by atoms with van der Waals surface area (Å²) in [6, 6.07) is 4.65. The molecule has 1 N–H and O–H groups in total. The Labute approximate surface area is 117 Å². The van der Waals surface area contributed by atoms with E-state index in [0.29, 0.717) is 17.0 Å². The number of aryl methyl sites for hydroxylation is 1. The minimum atomic E-state index is -0.290. The fourth-order valence-corrected chi connectivity index (χ4v) is 2.31. The Hall–Kier alpha value is -1.39. The van der Waals surface area contributed by atoms with E-state index in [1.165, 1.54) is 6.07 Å². The predicted octanol–water partition coefficient (Wildman–Crippen LogP) is 3.20. The summed E-state index contributed by atoms with van der Waals surface area (Å²) in [6.07, 6.45) is 4.33. The minimum Gasteiger partial charge on any atom is -0.335 e. The fourth-order valence-electron chi connectivity index (χ4n) is 2.15. The number of hydrogen-bond acceptors (Lipinski definition) is 2. The van der Waals surface area contributed by atoms with Crippen LogP contribution in [0.15, 0.2) is 30.6 Å². The van der Waals surface area contributed by atoms with Crippen LogP contribution in [0.25, 0.3) is 0 Å². The first-order chi connectivity index (χ1) is 9.15. The molecule has 3 nitrogen and oxygen atoms in total. The minimum absolute atomic E-state index is 0.120. The molecule has 102 valence electrons. The molecule has 0 radical (unpaired) electrons. The van der Waals surface area contributed by atoms with Gasteiger partial charge in [0.05, 0.1) is 0 Å². The van der Waals surface area contributed by atoms with Gasteiger partial charge in [0.25, 0.3) is 0 Å². The Kier molecular flexibility index (Phi) is 4.56. The summed E-state index contributed by atoms with van der Waals surface area (Å²) in [7, 11) is 1.82. The third-order valence-corrected chi connectivity index (χ3v) is 3.45. The SMILES string of the molecule is CCn1ccnc1CC(NC)c1ccc(Cl)cc1F. The Morgan fingerprint density at radius 3 is 2.89 bits per heavy atom. The van der Waals surface area contributed by atoms with Crippen molar-refractivity contribution in [1.29, 1.82) is 0 Å². The molecule has 0 aliphatic carbocycles. The zero-order valence-electron chi connectivity index (χ0n) is 11.0. The fraction of sp³-hybridized carbons (Fsp3) is 0.357. The van der Waals surface area contributed by atoms with E-state index in [9.17, 15) is 4.39 Å². The van der Waals surface area contributed by atoms with Gasteiger partial charge in [0.15, 0.2) is 0 Å². The van der Waals surface area contributed by atoms with Gasteiger partial charge in [0, 0.05) is 42.0 Å². The number of likely N-dealkylation sites (N-methyl/N-ethyl adjacent to an activating group) is 1. The quantitative estimate of drug-likeness (QED) is 0.912. The molecule has 5 heteroatoms. The van der Waals surface area contributed by atoms with E-state index < -0.39 is 0 Å². The van der Waals surface area contributed by atoms with Crippen LogP contribution in [0, 0.1) is 5.82 Å². The molecule has 0 saturated heterocycles. The number of nitrogens with one attached hydrogen (secondary N) is 1. The largest absolute Gasteiger partial charge is 0.335 e. The highest BCUT2D eigenvalue weighted by Gasteiger charge is 2.17. The molecule has 0 aliphatic heterocycles. The zero-order valence-corrected chi connectivity index (χ0v) is 11.8. The molecular formula is C14H17ClFN3. The van der Waals surface area contributed by atoms with Gasteiger partial charge in [-0.3, -0.25) is 0 Å². The molecule has 1 heterocycles. The van der Waals surface area contributed by atoms with Gasteiger partial charge in [-0.05, 0) is 26.1 Å². The van der Waals surface area contributed by atoms with Gasteiger partial charge in [-0.2, -0.15) is 0 Å². The molecule has 2 rings (SSSR count). The average Bonchev–Trinajstić information content (AvgIpc) is 2.84. The number of hydrogen-bond donors (Lipinski definition) is 1. The molecular weight excluding hydrogens is 265 g/mol. The smallest absolute Gasteiger partial charge is 0.129 e. The van der Waals surface area contributed by atoms with Gasteiger partial charge in [-0.1, -0.05) is 17.7 Å². The maximum Gasteiger partial charge on any atom is 0.129 e. The van der Waals surface area contributed by atoms with E-state index in [2.05, 4.69) is 21.8 Å². The second-order valence-corrected chi connectivity index (χ2v) is 4.78. The van der Waals surface area contributed by atoms with Gasteiger partial charge in [-0.15, -0.1) is 0 Å². The first-order valence-corrected chi connectivity index (χ1v) is 6.65. The van der Waals surface area contributed by atoms with Crippen LogP contribution in [0.3, 0.4) is 0 Å². The van der Waals surface area contributed by atoms with Crippen LogP contribution in [0.5, 0.6) is 0 Å². The highest BCUT2D eigenvalue weighted by atomic mass is 35.5. The summed E-state index contributed by atoms with van der Waals surface area (Å²) in [5.74, 6) is 0.651. The molecule has 0 bridgehead atoms. The third-order valence-electron chi connectivity index (χ3n) is 3.22. The van der Waals surface area contributed by atoms with Crippen LogP contribution in [-0.4, -0.2) is 16.6 Å². The van der Waals surface area contributed by atoms with Gasteiger partial charge in [0.2, 0.25) is 0 Å². The molecule has 0 saturated carbocycles. The molecule has 19 heavy (non-hydrogen) atoms.